The molecular formula is C27H30O10. The first-order valence-corrected chi connectivity index (χ1v) is 11.6. The van der Waals surface area contributed by atoms with E-state index in [-0.39, 0.29) is 32.0 Å². The van der Waals surface area contributed by atoms with E-state index in [1.165, 1.54) is 0 Å². The second kappa shape index (κ2) is 16.6. The molecule has 0 radical (unpaired) electrons. The Kier molecular flexibility index (Phi) is 13.1. The molecule has 0 unspecified atom stereocenters. The molecule has 10 heteroatoms. The number of aliphatic carboxylic acids is 2. The van der Waals surface area contributed by atoms with E-state index in [4.69, 9.17) is 24.1 Å². The van der Waals surface area contributed by atoms with Crippen molar-refractivity contribution in [3.8, 4) is 0 Å². The molecule has 0 atom stereocenters. The summed E-state index contributed by atoms with van der Waals surface area (Å²) in [5.74, 6) is -4.60. The third-order valence-corrected chi connectivity index (χ3v) is 4.93. The number of ether oxygens (including phenoxy) is 4. The lowest BCUT2D eigenvalue weighted by atomic mass is 9.99. The normalized spacial score (nSPS) is 10.4. The van der Waals surface area contributed by atoms with E-state index in [2.05, 4.69) is 0 Å². The van der Waals surface area contributed by atoms with Crippen molar-refractivity contribution in [1.82, 2.24) is 0 Å². The summed E-state index contributed by atoms with van der Waals surface area (Å²) in [5, 5.41) is 18.5. The van der Waals surface area contributed by atoms with Gasteiger partial charge in [0, 0.05) is 5.57 Å². The molecule has 198 valence electrons. The maximum absolute atomic E-state index is 12.3. The molecule has 0 saturated carbocycles. The van der Waals surface area contributed by atoms with Crippen molar-refractivity contribution in [1.29, 1.82) is 0 Å². The van der Waals surface area contributed by atoms with Crippen molar-refractivity contribution < 1.29 is 48.3 Å². The van der Waals surface area contributed by atoms with Gasteiger partial charge in [-0.1, -0.05) is 60.7 Å². The molecule has 2 rings (SSSR count). The maximum Gasteiger partial charge on any atom is 0.332 e. The Morgan fingerprint density at radius 3 is 1.41 bits per heavy atom. The zero-order valence-electron chi connectivity index (χ0n) is 20.3. The number of hydrogen-bond acceptors (Lipinski definition) is 8. The number of carboxylic acids is 2. The summed E-state index contributed by atoms with van der Waals surface area (Å²) in [5.41, 5.74) is 1.13. The summed E-state index contributed by atoms with van der Waals surface area (Å²) in [4.78, 5) is 47.4. The van der Waals surface area contributed by atoms with Gasteiger partial charge in [0.1, 0.15) is 13.2 Å². The number of hydrogen-bond donors (Lipinski definition) is 2. The van der Waals surface area contributed by atoms with Gasteiger partial charge in [-0.2, -0.15) is 0 Å². The van der Waals surface area contributed by atoms with Crippen LogP contribution in [0.5, 0.6) is 0 Å². The Morgan fingerprint density at radius 1 is 0.595 bits per heavy atom. The van der Waals surface area contributed by atoms with Gasteiger partial charge in [-0.3, -0.25) is 14.4 Å². The van der Waals surface area contributed by atoms with Crippen molar-refractivity contribution in [2.75, 3.05) is 26.4 Å². The standard InChI is InChI=1S/C27H30O10/c28-24(29)17-23(27(32)33)22(15-25(30)36-13-11-34-18-20-7-3-1-4-8-20)16-26(31)37-14-12-35-19-21-9-5-2-6-10-21/h1-10H,11-19H2,(H,28,29)(H,32,33). The van der Waals surface area contributed by atoms with Gasteiger partial charge >= 0.3 is 23.9 Å². The Morgan fingerprint density at radius 2 is 1.03 bits per heavy atom. The van der Waals surface area contributed by atoms with E-state index in [1.807, 2.05) is 60.7 Å². The molecule has 0 saturated heterocycles. The van der Waals surface area contributed by atoms with Crippen LogP contribution in [0.4, 0.5) is 0 Å². The SMILES string of the molecule is O=C(O)CC(C(=O)O)=C(CC(=O)OCCOCc1ccccc1)CC(=O)OCCOCc1ccccc1. The second-order valence-electron chi connectivity index (χ2n) is 7.83. The fourth-order valence-electron chi connectivity index (χ4n) is 3.19. The Hall–Kier alpha value is -4.02. The lowest BCUT2D eigenvalue weighted by Gasteiger charge is -2.12. The van der Waals surface area contributed by atoms with E-state index < -0.39 is 48.7 Å². The molecular weight excluding hydrogens is 484 g/mol. The zero-order chi connectivity index (χ0) is 26.9. The van der Waals surface area contributed by atoms with Gasteiger partial charge in [0.25, 0.3) is 0 Å². The summed E-state index contributed by atoms with van der Waals surface area (Å²) in [6.07, 6.45) is -2.02. The van der Waals surface area contributed by atoms with Crippen molar-refractivity contribution >= 4 is 23.9 Å². The fraction of sp³-hybridized carbons (Fsp3) is 0.333. The van der Waals surface area contributed by atoms with E-state index in [1.54, 1.807) is 0 Å². The lowest BCUT2D eigenvalue weighted by Crippen LogP contribution is -2.18. The van der Waals surface area contributed by atoms with Crippen LogP contribution in [0.1, 0.15) is 30.4 Å². The topological polar surface area (TPSA) is 146 Å². The van der Waals surface area contributed by atoms with Crippen molar-refractivity contribution in [2.45, 2.75) is 32.5 Å². The minimum Gasteiger partial charge on any atom is -0.481 e. The first-order chi connectivity index (χ1) is 17.8. The summed E-state index contributed by atoms with van der Waals surface area (Å²) >= 11 is 0. The molecule has 0 heterocycles. The molecule has 2 aromatic carbocycles. The average molecular weight is 515 g/mol. The number of benzene rings is 2. The number of carbonyl (C=O) groups excluding carboxylic acids is 2. The van der Waals surface area contributed by atoms with E-state index >= 15 is 0 Å². The van der Waals surface area contributed by atoms with E-state index in [0.717, 1.165) is 11.1 Å². The van der Waals surface area contributed by atoms with Gasteiger partial charge in [0.15, 0.2) is 0 Å². The van der Waals surface area contributed by atoms with Crippen LogP contribution < -0.4 is 0 Å². The monoisotopic (exact) mass is 514 g/mol. The number of carboxylic acid groups (broad SMARTS) is 2. The zero-order valence-corrected chi connectivity index (χ0v) is 20.3. The van der Waals surface area contributed by atoms with Crippen LogP contribution in [0.15, 0.2) is 71.8 Å². The van der Waals surface area contributed by atoms with Crippen molar-refractivity contribution in [2.24, 2.45) is 0 Å². The molecule has 0 fully saturated rings. The van der Waals surface area contributed by atoms with Crippen LogP contribution in [-0.2, 0) is 51.3 Å². The predicted molar refractivity (Wildman–Crippen MR) is 130 cm³/mol. The smallest absolute Gasteiger partial charge is 0.332 e. The highest BCUT2D eigenvalue weighted by Gasteiger charge is 2.23. The van der Waals surface area contributed by atoms with Crippen LogP contribution in [0.25, 0.3) is 0 Å². The van der Waals surface area contributed by atoms with Crippen LogP contribution in [-0.4, -0.2) is 60.5 Å². The molecule has 0 amide bonds. The summed E-state index contributed by atoms with van der Waals surface area (Å²) in [6.45, 7) is 0.669. The predicted octanol–water partition coefficient (Wildman–Crippen LogP) is 3.14. The number of esters is 2. The summed E-state index contributed by atoms with van der Waals surface area (Å²) < 4.78 is 21.0. The molecule has 0 spiro atoms. The molecule has 10 nitrogen and oxygen atoms in total. The third-order valence-electron chi connectivity index (χ3n) is 4.93. The van der Waals surface area contributed by atoms with Crippen LogP contribution in [0.3, 0.4) is 0 Å². The first-order valence-electron chi connectivity index (χ1n) is 11.6. The molecule has 0 bridgehead atoms. The van der Waals surface area contributed by atoms with Crippen molar-refractivity contribution in [3.05, 3.63) is 82.9 Å². The first kappa shape index (κ1) is 29.2. The van der Waals surface area contributed by atoms with Gasteiger partial charge in [-0.15, -0.1) is 0 Å². The van der Waals surface area contributed by atoms with Gasteiger partial charge in [0.2, 0.25) is 0 Å². The van der Waals surface area contributed by atoms with E-state index in [0.29, 0.717) is 13.2 Å². The highest BCUT2D eigenvalue weighted by atomic mass is 16.6. The summed E-state index contributed by atoms with van der Waals surface area (Å²) in [7, 11) is 0. The van der Waals surface area contributed by atoms with Gasteiger partial charge in [-0.05, 0) is 16.7 Å². The summed E-state index contributed by atoms with van der Waals surface area (Å²) in [6, 6.07) is 18.8. The largest absolute Gasteiger partial charge is 0.481 e. The highest BCUT2D eigenvalue weighted by Crippen LogP contribution is 2.19. The van der Waals surface area contributed by atoms with Gasteiger partial charge < -0.3 is 29.2 Å². The van der Waals surface area contributed by atoms with E-state index in [9.17, 15) is 24.3 Å². The lowest BCUT2D eigenvalue weighted by molar-refractivity contribution is -0.146. The molecule has 0 aromatic heterocycles. The molecule has 0 aliphatic carbocycles. The van der Waals surface area contributed by atoms with Crippen molar-refractivity contribution in [3.63, 3.8) is 0 Å². The molecule has 0 aliphatic heterocycles. The molecule has 0 aliphatic rings. The maximum atomic E-state index is 12.3. The Balaban J connectivity index is 1.84. The van der Waals surface area contributed by atoms with Gasteiger partial charge in [-0.25, -0.2) is 4.79 Å². The molecule has 2 aromatic rings. The number of carbonyl (C=O) groups is 4. The Labute approximate surface area is 214 Å². The minimum atomic E-state index is -1.55. The third kappa shape index (κ3) is 12.5. The molecule has 2 N–H and O–H groups in total. The average Bonchev–Trinajstić information content (AvgIpc) is 2.87. The van der Waals surface area contributed by atoms with Crippen LogP contribution in [0.2, 0.25) is 0 Å². The number of rotatable bonds is 17. The highest BCUT2D eigenvalue weighted by molar-refractivity contribution is 5.95. The molecule has 37 heavy (non-hydrogen) atoms. The van der Waals surface area contributed by atoms with Gasteiger partial charge in [0.05, 0.1) is 45.7 Å². The minimum absolute atomic E-state index is 0.0938. The quantitative estimate of drug-likeness (QED) is 0.183. The Bertz CT molecular complexity index is 982. The van der Waals surface area contributed by atoms with Crippen LogP contribution >= 0.6 is 0 Å². The van der Waals surface area contributed by atoms with Crippen LogP contribution in [0, 0.1) is 0 Å². The second-order valence-corrected chi connectivity index (χ2v) is 7.83. The fourth-order valence-corrected chi connectivity index (χ4v) is 3.19.